The lowest BCUT2D eigenvalue weighted by molar-refractivity contribution is -0.135. The minimum atomic E-state index is -1.38. The first-order valence-electron chi connectivity index (χ1n) is 20.9. The average Bonchev–Trinajstić information content (AvgIpc) is 3.76. The van der Waals surface area contributed by atoms with E-state index >= 15 is 0 Å². The number of aromatic nitrogens is 2. The van der Waals surface area contributed by atoms with Gasteiger partial charge in [0.25, 0.3) is 0 Å². The Labute approximate surface area is 364 Å². The summed E-state index contributed by atoms with van der Waals surface area (Å²) in [4.78, 5) is 139. The normalized spacial score (nSPS) is 22.3. The van der Waals surface area contributed by atoms with Crippen molar-refractivity contribution in [1.82, 2.24) is 57.8 Å². The van der Waals surface area contributed by atoms with Gasteiger partial charge in [-0.2, -0.15) is 0 Å². The molecule has 0 saturated carbocycles. The zero-order chi connectivity index (χ0) is 46.5. The molecule has 2 aromatic rings. The summed E-state index contributed by atoms with van der Waals surface area (Å²) >= 11 is 0. The Morgan fingerprint density at radius 1 is 0.810 bits per heavy atom. The number of nitrogens with zero attached hydrogens (tertiary/aromatic N) is 1. The van der Waals surface area contributed by atoms with Crippen molar-refractivity contribution in [3.05, 3.63) is 54.1 Å². The van der Waals surface area contributed by atoms with Gasteiger partial charge in [0.15, 0.2) is 0 Å². The summed E-state index contributed by atoms with van der Waals surface area (Å²) in [5, 5.41) is 23.3. The maximum Gasteiger partial charge on any atom is 0.243 e. The Morgan fingerprint density at radius 2 is 1.43 bits per heavy atom. The molecule has 0 aliphatic carbocycles. The lowest BCUT2D eigenvalue weighted by Crippen LogP contribution is -2.60. The van der Waals surface area contributed by atoms with Crippen LogP contribution >= 0.6 is 0 Å². The number of nitrogens with two attached hydrogens (primary N) is 1. The van der Waals surface area contributed by atoms with Crippen molar-refractivity contribution < 1.29 is 47.9 Å². The van der Waals surface area contributed by atoms with Crippen LogP contribution in [0.25, 0.3) is 0 Å². The lowest BCUT2D eigenvalue weighted by Gasteiger charge is -2.27. The van der Waals surface area contributed by atoms with Crippen LogP contribution in [0.4, 0.5) is 0 Å². The van der Waals surface area contributed by atoms with E-state index in [2.05, 4.69) is 57.8 Å². The number of rotatable bonds is 13. The number of amides is 10. The van der Waals surface area contributed by atoms with Crippen LogP contribution in [0.3, 0.4) is 0 Å². The Kier molecular flexibility index (Phi) is 20.7. The maximum absolute atomic E-state index is 14.2. The van der Waals surface area contributed by atoms with Crippen LogP contribution in [0, 0.1) is 0 Å². The molecule has 3 rings (SSSR count). The number of benzene rings is 1. The molecule has 1 aromatic heterocycles. The number of H-pyrrole nitrogens is 1. The van der Waals surface area contributed by atoms with Gasteiger partial charge in [0.05, 0.1) is 6.33 Å². The minimum absolute atomic E-state index is 0.0616. The second kappa shape index (κ2) is 25.8. The molecule has 63 heavy (non-hydrogen) atoms. The van der Waals surface area contributed by atoms with E-state index in [9.17, 15) is 47.9 Å². The van der Waals surface area contributed by atoms with Crippen molar-refractivity contribution in [2.24, 2.45) is 5.73 Å². The van der Waals surface area contributed by atoms with Crippen molar-refractivity contribution in [2.45, 2.75) is 128 Å². The Morgan fingerprint density at radius 3 is 2.03 bits per heavy atom. The van der Waals surface area contributed by atoms with Crippen molar-refractivity contribution in [3.8, 4) is 0 Å². The molecule has 10 amide bonds. The van der Waals surface area contributed by atoms with Crippen molar-refractivity contribution in [3.63, 3.8) is 0 Å². The first-order valence-corrected chi connectivity index (χ1v) is 20.9. The molecule has 1 aliphatic heterocycles. The van der Waals surface area contributed by atoms with E-state index in [1.165, 1.54) is 33.3 Å². The molecule has 0 spiro atoms. The van der Waals surface area contributed by atoms with Crippen LogP contribution in [0.2, 0.25) is 0 Å². The van der Waals surface area contributed by atoms with Crippen molar-refractivity contribution >= 4 is 59.1 Å². The highest BCUT2D eigenvalue weighted by Crippen LogP contribution is 2.09. The smallest absolute Gasteiger partial charge is 0.243 e. The zero-order valence-electron chi connectivity index (χ0n) is 36.0. The highest BCUT2D eigenvalue weighted by atomic mass is 16.2. The molecule has 0 unspecified atom stereocenters. The third-order valence-electron chi connectivity index (χ3n) is 9.96. The number of carbonyl (C=O) groups is 10. The molecule has 12 N–H and O–H groups in total. The van der Waals surface area contributed by atoms with Gasteiger partial charge < -0.3 is 58.6 Å². The van der Waals surface area contributed by atoms with E-state index in [1.54, 1.807) is 30.3 Å². The second-order valence-electron chi connectivity index (χ2n) is 15.3. The summed E-state index contributed by atoms with van der Waals surface area (Å²) in [7, 11) is 0. The molecule has 0 radical (unpaired) electrons. The van der Waals surface area contributed by atoms with E-state index < -0.39 is 101 Å². The number of hydrogen-bond acceptors (Lipinski definition) is 11. The van der Waals surface area contributed by atoms with Crippen LogP contribution in [0.1, 0.15) is 83.9 Å². The molecule has 0 bridgehead atoms. The predicted molar refractivity (Wildman–Crippen MR) is 226 cm³/mol. The Balaban J connectivity index is 2.01. The number of unbranched alkanes of at least 4 members (excludes halogenated alkanes) is 1. The number of nitrogens with one attached hydrogen (secondary N) is 10. The van der Waals surface area contributed by atoms with Gasteiger partial charge in [-0.15, -0.1) is 0 Å². The number of imidazole rings is 1. The Hall–Kier alpha value is -6.87. The van der Waals surface area contributed by atoms with Gasteiger partial charge in [-0.25, -0.2) is 4.98 Å². The Bertz CT molecular complexity index is 1910. The fraction of sp³-hybridized carbons (Fsp3) is 0.537. The van der Waals surface area contributed by atoms with Crippen molar-refractivity contribution in [2.75, 3.05) is 13.1 Å². The molecule has 2 heterocycles. The van der Waals surface area contributed by atoms with Crippen LogP contribution in [-0.2, 0) is 60.8 Å². The summed E-state index contributed by atoms with van der Waals surface area (Å²) in [6.45, 7) is 5.54. The van der Waals surface area contributed by atoms with Gasteiger partial charge in [-0.3, -0.25) is 47.9 Å². The highest BCUT2D eigenvalue weighted by Gasteiger charge is 2.33. The first-order chi connectivity index (χ1) is 30.0. The lowest BCUT2D eigenvalue weighted by atomic mass is 10.0. The van der Waals surface area contributed by atoms with Gasteiger partial charge in [0.2, 0.25) is 59.1 Å². The third-order valence-corrected chi connectivity index (χ3v) is 9.96. The van der Waals surface area contributed by atoms with Crippen LogP contribution in [-0.4, -0.2) is 124 Å². The van der Waals surface area contributed by atoms with Gasteiger partial charge in [0.1, 0.15) is 42.3 Å². The quantitative estimate of drug-likeness (QED) is 0.0972. The summed E-state index contributed by atoms with van der Waals surface area (Å²) in [5.74, 6) is -7.18. The van der Waals surface area contributed by atoms with Crippen molar-refractivity contribution in [1.29, 1.82) is 0 Å². The average molecular weight is 881 g/mol. The number of primary amides is 1. The molecular weight excluding hydrogens is 821 g/mol. The van der Waals surface area contributed by atoms with E-state index in [1.807, 2.05) is 6.92 Å². The summed E-state index contributed by atoms with van der Waals surface area (Å²) in [6, 6.07) is -0.113. The molecule has 1 saturated heterocycles. The van der Waals surface area contributed by atoms with Gasteiger partial charge in [-0.1, -0.05) is 50.1 Å². The predicted octanol–water partition coefficient (Wildman–Crippen LogP) is -2.87. The third kappa shape index (κ3) is 17.9. The van der Waals surface area contributed by atoms with Gasteiger partial charge in [-0.05, 0) is 38.7 Å². The van der Waals surface area contributed by atoms with Gasteiger partial charge in [0, 0.05) is 57.6 Å². The molecule has 22 nitrogen and oxygen atoms in total. The fourth-order valence-electron chi connectivity index (χ4n) is 6.34. The van der Waals surface area contributed by atoms with E-state index in [0.29, 0.717) is 24.1 Å². The standard InChI is InChI=1S/C41H60N12O10/c1-5-6-12-28(49-25(4)54)38(60)51-30-16-18-45-34(56)14-13-33(55)44-17-15-29(37(59)47-23(2)35(42)57)50-36(58)24(3)48-40(62)31(19-26-10-8-7-9-11-26)52-41(63)32(53-39(30)61)20-27-21-43-22-46-27/h7-11,21-24,28-32H,5-6,12-20H2,1-4H3,(H2,42,57)(H,43,46)(H,44,55)(H,45,56)(H,47,59)(H,48,62)(H,49,54)(H,50,58)(H,51,60)(H,52,63)(H,53,61)/t23-,24-,28-,29-,30-,31+,32-/m0/s1. The molecule has 7 atom stereocenters. The number of hydrogen-bond donors (Lipinski definition) is 11. The van der Waals surface area contributed by atoms with Crippen LogP contribution in [0.15, 0.2) is 42.9 Å². The molecule has 1 aromatic carbocycles. The van der Waals surface area contributed by atoms with Crippen LogP contribution < -0.4 is 53.6 Å². The second-order valence-corrected chi connectivity index (χ2v) is 15.3. The van der Waals surface area contributed by atoms with Gasteiger partial charge >= 0.3 is 0 Å². The fourth-order valence-corrected chi connectivity index (χ4v) is 6.34. The maximum atomic E-state index is 14.2. The summed E-state index contributed by atoms with van der Waals surface area (Å²) < 4.78 is 0. The van der Waals surface area contributed by atoms with E-state index in [0.717, 1.165) is 0 Å². The summed E-state index contributed by atoms with van der Waals surface area (Å²) in [6.07, 6.45) is 3.26. The molecule has 22 heteroatoms. The molecular formula is C41H60N12O10. The number of aromatic amines is 1. The first kappa shape index (κ1) is 50.5. The number of carbonyl (C=O) groups excluding carboxylic acids is 10. The zero-order valence-corrected chi connectivity index (χ0v) is 36.0. The van der Waals surface area contributed by atoms with E-state index in [4.69, 9.17) is 5.73 Å². The minimum Gasteiger partial charge on any atom is -0.368 e. The molecule has 344 valence electrons. The summed E-state index contributed by atoms with van der Waals surface area (Å²) in [5.41, 5.74) is 6.36. The topological polar surface area (TPSA) is 334 Å². The monoisotopic (exact) mass is 880 g/mol. The SMILES string of the molecule is CCCC[C@H](NC(C)=O)C(=O)N[C@H]1CCNC(=O)CCC(=O)NCC[C@@H](C(=O)N[C@@H](C)C(N)=O)NC(=O)[C@H](C)NC(=O)[C@@H](Cc2ccccc2)NC(=O)[C@H](Cc2cnc[nH]2)NC1=O. The largest absolute Gasteiger partial charge is 0.368 e. The molecule has 1 fully saturated rings. The van der Waals surface area contributed by atoms with E-state index in [-0.39, 0.29) is 58.0 Å². The highest BCUT2D eigenvalue weighted by molar-refractivity contribution is 5.97. The van der Waals surface area contributed by atoms with Crippen LogP contribution in [0.5, 0.6) is 0 Å². The molecule has 1 aliphatic rings.